The molecule has 0 unspecified atom stereocenters. The minimum atomic E-state index is -0.271. The van der Waals surface area contributed by atoms with Crippen molar-refractivity contribution in [1.29, 1.82) is 0 Å². The molecular weight excluding hydrogens is 450 g/mol. The summed E-state index contributed by atoms with van der Waals surface area (Å²) in [6.07, 6.45) is 2.08. The van der Waals surface area contributed by atoms with Crippen molar-refractivity contribution in [3.63, 3.8) is 0 Å². The molecule has 7 heteroatoms. The van der Waals surface area contributed by atoms with Crippen molar-refractivity contribution in [1.82, 2.24) is 10.3 Å². The Balaban J connectivity index is 1.42. The first-order chi connectivity index (χ1) is 16.0. The van der Waals surface area contributed by atoms with Gasteiger partial charge in [-0.3, -0.25) is 10.1 Å². The van der Waals surface area contributed by atoms with Gasteiger partial charge in [0.2, 0.25) is 0 Å². The number of aromatic nitrogens is 1. The molecule has 4 rings (SSSR count). The van der Waals surface area contributed by atoms with Crippen molar-refractivity contribution in [3.05, 3.63) is 77.9 Å². The molecule has 168 valence electrons. The highest BCUT2D eigenvalue weighted by molar-refractivity contribution is 7.80. The first-order valence-electron chi connectivity index (χ1n) is 10.9. The number of carbonyl (C=O) groups excluding carboxylic acids is 1. The second kappa shape index (κ2) is 10.6. The van der Waals surface area contributed by atoms with Crippen molar-refractivity contribution >= 4 is 50.5 Å². The number of nitrogens with one attached hydrogen (secondary N) is 2. The standard InChI is InChI=1S/C26H25N3O2S2/c1-3-4-16-31-19-14-12-18(13-15-19)24(30)29-26(32)28-21-10-7-8-20(17(21)2)25-27-22-9-5-6-11-23(22)33-25/h5-15H,3-4,16H2,1-2H3,(H2,28,29,30,32). The fourth-order valence-corrected chi connectivity index (χ4v) is 4.61. The third-order valence-corrected chi connectivity index (χ3v) is 6.49. The van der Waals surface area contributed by atoms with Crippen LogP contribution < -0.4 is 15.4 Å². The van der Waals surface area contributed by atoms with Crippen molar-refractivity contribution in [3.8, 4) is 16.3 Å². The number of thiocarbonyl (C=S) groups is 1. The van der Waals surface area contributed by atoms with Gasteiger partial charge in [-0.25, -0.2) is 4.98 Å². The third-order valence-electron chi connectivity index (χ3n) is 5.22. The maximum absolute atomic E-state index is 12.6. The topological polar surface area (TPSA) is 63.2 Å². The van der Waals surface area contributed by atoms with Crippen LogP contribution in [0.5, 0.6) is 5.75 Å². The number of unbranched alkanes of at least 4 members (excludes halogenated alkanes) is 1. The predicted molar refractivity (Wildman–Crippen MR) is 140 cm³/mol. The van der Waals surface area contributed by atoms with E-state index in [1.807, 2.05) is 43.3 Å². The highest BCUT2D eigenvalue weighted by Gasteiger charge is 2.13. The van der Waals surface area contributed by atoms with Crippen LogP contribution >= 0.6 is 23.6 Å². The van der Waals surface area contributed by atoms with Crippen LogP contribution in [-0.2, 0) is 0 Å². The number of nitrogens with zero attached hydrogens (tertiary/aromatic N) is 1. The maximum atomic E-state index is 12.6. The van der Waals surface area contributed by atoms with Crippen LogP contribution in [0.15, 0.2) is 66.7 Å². The summed E-state index contributed by atoms with van der Waals surface area (Å²) >= 11 is 7.06. The highest BCUT2D eigenvalue weighted by Crippen LogP contribution is 2.34. The molecule has 0 aliphatic rings. The summed E-state index contributed by atoms with van der Waals surface area (Å²) in [5.74, 6) is 0.482. The van der Waals surface area contributed by atoms with Gasteiger partial charge in [-0.1, -0.05) is 37.6 Å². The quantitative estimate of drug-likeness (QED) is 0.234. The molecule has 1 aromatic heterocycles. The van der Waals surface area contributed by atoms with Crippen LogP contribution in [0.1, 0.15) is 35.7 Å². The average Bonchev–Trinajstić information content (AvgIpc) is 3.25. The number of rotatable bonds is 7. The minimum Gasteiger partial charge on any atom is -0.494 e. The van der Waals surface area contributed by atoms with E-state index in [1.54, 1.807) is 35.6 Å². The number of fused-ring (bicyclic) bond motifs is 1. The van der Waals surface area contributed by atoms with Crippen molar-refractivity contribution in [2.45, 2.75) is 26.7 Å². The minimum absolute atomic E-state index is 0.243. The number of benzene rings is 3. The van der Waals surface area contributed by atoms with E-state index in [4.69, 9.17) is 21.9 Å². The zero-order valence-electron chi connectivity index (χ0n) is 18.6. The van der Waals surface area contributed by atoms with Gasteiger partial charge in [0.05, 0.1) is 16.8 Å². The van der Waals surface area contributed by atoms with Crippen LogP contribution in [0.2, 0.25) is 0 Å². The van der Waals surface area contributed by atoms with Crippen LogP contribution in [0, 0.1) is 6.92 Å². The summed E-state index contributed by atoms with van der Waals surface area (Å²) in [6.45, 7) is 4.81. The van der Waals surface area contributed by atoms with Gasteiger partial charge >= 0.3 is 0 Å². The van der Waals surface area contributed by atoms with E-state index in [1.165, 1.54) is 0 Å². The number of anilines is 1. The molecule has 33 heavy (non-hydrogen) atoms. The molecule has 3 aromatic carbocycles. The van der Waals surface area contributed by atoms with E-state index < -0.39 is 0 Å². The van der Waals surface area contributed by atoms with Gasteiger partial charge < -0.3 is 10.1 Å². The Bertz CT molecular complexity index is 1250. The van der Waals surface area contributed by atoms with E-state index >= 15 is 0 Å². The molecular formula is C26H25N3O2S2. The third kappa shape index (κ3) is 5.56. The summed E-state index contributed by atoms with van der Waals surface area (Å²) in [6, 6.07) is 21.1. The number of para-hydroxylation sites is 1. The molecule has 0 saturated heterocycles. The van der Waals surface area contributed by atoms with Crippen molar-refractivity contribution < 1.29 is 9.53 Å². The largest absolute Gasteiger partial charge is 0.494 e. The molecule has 5 nitrogen and oxygen atoms in total. The average molecular weight is 476 g/mol. The van der Waals surface area contributed by atoms with E-state index in [0.717, 1.165) is 50.6 Å². The SMILES string of the molecule is CCCCOc1ccc(C(=O)NC(=S)Nc2cccc(-c3nc4ccccc4s3)c2C)cc1. The Labute approximate surface area is 202 Å². The van der Waals surface area contributed by atoms with Crippen molar-refractivity contribution in [2.75, 3.05) is 11.9 Å². The molecule has 1 amide bonds. The molecule has 0 bridgehead atoms. The second-order valence-corrected chi connectivity index (χ2v) is 9.04. The fraction of sp³-hybridized carbons (Fsp3) is 0.192. The monoisotopic (exact) mass is 475 g/mol. The molecule has 0 saturated carbocycles. The predicted octanol–water partition coefficient (Wildman–Crippen LogP) is 6.58. The molecule has 1 heterocycles. The molecule has 4 aromatic rings. The summed E-state index contributed by atoms with van der Waals surface area (Å²) in [7, 11) is 0. The van der Waals surface area contributed by atoms with Gasteiger partial charge in [0.15, 0.2) is 5.11 Å². The van der Waals surface area contributed by atoms with Gasteiger partial charge in [-0.05, 0) is 73.6 Å². The normalized spacial score (nSPS) is 10.7. The van der Waals surface area contributed by atoms with Crippen molar-refractivity contribution in [2.24, 2.45) is 0 Å². The van der Waals surface area contributed by atoms with Crippen LogP contribution in [0.25, 0.3) is 20.8 Å². The number of carbonyl (C=O) groups is 1. The van der Waals surface area contributed by atoms with Crippen LogP contribution in [0.4, 0.5) is 5.69 Å². The summed E-state index contributed by atoms with van der Waals surface area (Å²) in [5.41, 5.74) is 4.38. The smallest absolute Gasteiger partial charge is 0.257 e. The molecule has 0 fully saturated rings. The fourth-order valence-electron chi connectivity index (χ4n) is 3.36. The first kappa shape index (κ1) is 22.9. The van der Waals surface area contributed by atoms with E-state index in [0.29, 0.717) is 12.2 Å². The van der Waals surface area contributed by atoms with Gasteiger partial charge in [-0.15, -0.1) is 11.3 Å². The summed E-state index contributed by atoms with van der Waals surface area (Å²) in [5, 5.41) is 7.10. The molecule has 0 aliphatic heterocycles. The second-order valence-electron chi connectivity index (χ2n) is 7.60. The molecule has 0 aliphatic carbocycles. The number of hydrogen-bond donors (Lipinski definition) is 2. The van der Waals surface area contributed by atoms with Gasteiger partial charge in [0.25, 0.3) is 5.91 Å². The number of hydrogen-bond acceptors (Lipinski definition) is 5. The lowest BCUT2D eigenvalue weighted by Crippen LogP contribution is -2.34. The van der Waals surface area contributed by atoms with E-state index in [9.17, 15) is 4.79 Å². The lowest BCUT2D eigenvalue weighted by Gasteiger charge is -2.14. The molecule has 0 radical (unpaired) electrons. The Kier molecular flexibility index (Phi) is 7.32. The Hall–Kier alpha value is -3.29. The highest BCUT2D eigenvalue weighted by atomic mass is 32.1. The summed E-state index contributed by atoms with van der Waals surface area (Å²) in [4.78, 5) is 17.4. The molecule has 0 atom stereocenters. The van der Waals surface area contributed by atoms with E-state index in [2.05, 4.69) is 23.6 Å². The Morgan fingerprint density at radius 1 is 1.06 bits per heavy atom. The lowest BCUT2D eigenvalue weighted by molar-refractivity contribution is 0.0977. The number of ether oxygens (including phenoxy) is 1. The number of thiazole rings is 1. The van der Waals surface area contributed by atoms with Crippen LogP contribution in [0.3, 0.4) is 0 Å². The van der Waals surface area contributed by atoms with E-state index in [-0.39, 0.29) is 11.0 Å². The number of amides is 1. The zero-order valence-corrected chi connectivity index (χ0v) is 20.2. The van der Waals surface area contributed by atoms with Gasteiger partial charge in [-0.2, -0.15) is 0 Å². The van der Waals surface area contributed by atoms with Gasteiger partial charge in [0, 0.05) is 16.8 Å². The molecule has 2 N–H and O–H groups in total. The Morgan fingerprint density at radius 2 is 1.85 bits per heavy atom. The van der Waals surface area contributed by atoms with Gasteiger partial charge in [0.1, 0.15) is 10.8 Å². The Morgan fingerprint density at radius 3 is 2.61 bits per heavy atom. The summed E-state index contributed by atoms with van der Waals surface area (Å²) < 4.78 is 6.80. The maximum Gasteiger partial charge on any atom is 0.257 e. The van der Waals surface area contributed by atoms with Crippen LogP contribution in [-0.4, -0.2) is 22.6 Å². The lowest BCUT2D eigenvalue weighted by atomic mass is 10.1. The molecule has 0 spiro atoms. The zero-order chi connectivity index (χ0) is 23.2. The first-order valence-corrected chi connectivity index (χ1v) is 12.1.